The van der Waals surface area contributed by atoms with E-state index in [1.54, 1.807) is 0 Å². The molecule has 4 N–H and O–H groups in total. The second-order valence-corrected chi connectivity index (χ2v) is 4.10. The van der Waals surface area contributed by atoms with Gasteiger partial charge in [-0.15, -0.1) is 0 Å². The van der Waals surface area contributed by atoms with E-state index in [1.807, 2.05) is 44.2 Å². The van der Waals surface area contributed by atoms with Crippen molar-refractivity contribution in [2.45, 2.75) is 26.4 Å². The first kappa shape index (κ1) is 13.1. The smallest absolute Gasteiger partial charge is 0.247 e. The predicted molar refractivity (Wildman–Crippen MR) is 68.8 cm³/mol. The standard InChI is InChI=1S/C13H19N3O/c1-10(2)16-13(17)8-12(14)15-9-11-6-4-3-5-7-11/h3-8,10,15H,9,14H2,1-2H3,(H,16,17)/b12-8+. The molecule has 0 heterocycles. The van der Waals surface area contributed by atoms with Crippen LogP contribution < -0.4 is 16.4 Å². The van der Waals surface area contributed by atoms with Crippen LogP contribution in [0.25, 0.3) is 0 Å². The minimum absolute atomic E-state index is 0.112. The Balaban J connectivity index is 2.41. The summed E-state index contributed by atoms with van der Waals surface area (Å²) in [7, 11) is 0. The topological polar surface area (TPSA) is 67.2 Å². The third kappa shape index (κ3) is 5.61. The van der Waals surface area contributed by atoms with Crippen LogP contribution in [0.1, 0.15) is 19.4 Å². The fourth-order valence-corrected chi connectivity index (χ4v) is 1.32. The van der Waals surface area contributed by atoms with Gasteiger partial charge in [0.15, 0.2) is 0 Å². The van der Waals surface area contributed by atoms with Crippen molar-refractivity contribution in [1.29, 1.82) is 0 Å². The molecule has 0 radical (unpaired) electrons. The molecule has 0 saturated heterocycles. The van der Waals surface area contributed by atoms with E-state index in [9.17, 15) is 4.79 Å². The van der Waals surface area contributed by atoms with Crippen LogP contribution >= 0.6 is 0 Å². The predicted octanol–water partition coefficient (Wildman–Crippen LogP) is 1.10. The summed E-state index contributed by atoms with van der Waals surface area (Å²) in [6.45, 7) is 4.41. The molecule has 1 rings (SSSR count). The summed E-state index contributed by atoms with van der Waals surface area (Å²) < 4.78 is 0. The molecular weight excluding hydrogens is 214 g/mol. The lowest BCUT2D eigenvalue weighted by molar-refractivity contribution is -0.117. The number of benzene rings is 1. The van der Waals surface area contributed by atoms with Crippen molar-refractivity contribution < 1.29 is 4.79 Å². The minimum atomic E-state index is -0.182. The summed E-state index contributed by atoms with van der Waals surface area (Å²) in [6, 6.07) is 9.98. The number of amides is 1. The average molecular weight is 233 g/mol. The van der Waals surface area contributed by atoms with Gasteiger partial charge in [0.1, 0.15) is 5.82 Å². The molecule has 1 aromatic carbocycles. The zero-order chi connectivity index (χ0) is 12.7. The Kier molecular flexibility index (Phi) is 5.07. The molecular formula is C13H19N3O. The van der Waals surface area contributed by atoms with E-state index in [4.69, 9.17) is 5.73 Å². The Morgan fingerprint density at radius 2 is 2.00 bits per heavy atom. The van der Waals surface area contributed by atoms with E-state index in [2.05, 4.69) is 10.6 Å². The van der Waals surface area contributed by atoms with Gasteiger partial charge in [-0.2, -0.15) is 0 Å². The van der Waals surface area contributed by atoms with E-state index in [-0.39, 0.29) is 11.9 Å². The molecule has 0 aliphatic heterocycles. The average Bonchev–Trinajstić information content (AvgIpc) is 2.26. The monoisotopic (exact) mass is 233 g/mol. The van der Waals surface area contributed by atoms with E-state index < -0.39 is 0 Å². The molecule has 17 heavy (non-hydrogen) atoms. The molecule has 0 atom stereocenters. The van der Waals surface area contributed by atoms with Crippen LogP contribution in [-0.4, -0.2) is 11.9 Å². The molecule has 4 nitrogen and oxygen atoms in total. The maximum Gasteiger partial charge on any atom is 0.247 e. The number of carbonyl (C=O) groups excluding carboxylic acids is 1. The van der Waals surface area contributed by atoms with Crippen LogP contribution in [-0.2, 0) is 11.3 Å². The quantitative estimate of drug-likeness (QED) is 0.667. The van der Waals surface area contributed by atoms with Gasteiger partial charge in [-0.1, -0.05) is 30.3 Å². The molecule has 1 amide bonds. The zero-order valence-electron chi connectivity index (χ0n) is 10.2. The van der Waals surface area contributed by atoms with Gasteiger partial charge in [-0.05, 0) is 19.4 Å². The van der Waals surface area contributed by atoms with E-state index in [0.29, 0.717) is 12.4 Å². The lowest BCUT2D eigenvalue weighted by Gasteiger charge is -2.08. The van der Waals surface area contributed by atoms with Gasteiger partial charge < -0.3 is 16.4 Å². The van der Waals surface area contributed by atoms with Crippen LogP contribution in [0.2, 0.25) is 0 Å². The highest BCUT2D eigenvalue weighted by Crippen LogP contribution is 1.97. The lowest BCUT2D eigenvalue weighted by Crippen LogP contribution is -2.31. The second kappa shape index (κ2) is 6.58. The van der Waals surface area contributed by atoms with Gasteiger partial charge >= 0.3 is 0 Å². The summed E-state index contributed by atoms with van der Waals surface area (Å²) in [5, 5.41) is 5.72. The molecule has 0 aliphatic rings. The van der Waals surface area contributed by atoms with Crippen molar-refractivity contribution >= 4 is 5.91 Å². The van der Waals surface area contributed by atoms with E-state index >= 15 is 0 Å². The summed E-state index contributed by atoms with van der Waals surface area (Å²) in [4.78, 5) is 11.4. The fourth-order valence-electron chi connectivity index (χ4n) is 1.32. The first-order valence-electron chi connectivity index (χ1n) is 5.63. The lowest BCUT2D eigenvalue weighted by atomic mass is 10.2. The van der Waals surface area contributed by atoms with Gasteiger partial charge in [-0.25, -0.2) is 0 Å². The Hall–Kier alpha value is -1.97. The molecule has 92 valence electrons. The number of hydrogen-bond acceptors (Lipinski definition) is 3. The largest absolute Gasteiger partial charge is 0.385 e. The number of rotatable bonds is 5. The highest BCUT2D eigenvalue weighted by atomic mass is 16.1. The number of nitrogens with two attached hydrogens (primary N) is 1. The summed E-state index contributed by atoms with van der Waals surface area (Å²) in [5.74, 6) is 0.185. The molecule has 0 saturated carbocycles. The normalized spacial score (nSPS) is 11.4. The van der Waals surface area contributed by atoms with Gasteiger partial charge in [0, 0.05) is 18.7 Å². The SMILES string of the molecule is CC(C)NC(=O)/C=C(\N)NCc1ccccc1. The van der Waals surface area contributed by atoms with Crippen LogP contribution in [0.15, 0.2) is 42.2 Å². The van der Waals surface area contributed by atoms with Gasteiger partial charge in [0.05, 0.1) is 0 Å². The summed E-state index contributed by atoms with van der Waals surface area (Å²) >= 11 is 0. The van der Waals surface area contributed by atoms with E-state index in [0.717, 1.165) is 5.56 Å². The second-order valence-electron chi connectivity index (χ2n) is 4.10. The van der Waals surface area contributed by atoms with E-state index in [1.165, 1.54) is 6.08 Å². The molecule has 0 bridgehead atoms. The third-order valence-electron chi connectivity index (χ3n) is 2.06. The highest BCUT2D eigenvalue weighted by Gasteiger charge is 2.00. The van der Waals surface area contributed by atoms with Crippen LogP contribution in [0.4, 0.5) is 0 Å². The third-order valence-corrected chi connectivity index (χ3v) is 2.06. The molecule has 0 aromatic heterocycles. The van der Waals surface area contributed by atoms with Crippen molar-refractivity contribution in [2.75, 3.05) is 0 Å². The molecule has 4 heteroatoms. The molecule has 0 spiro atoms. The van der Waals surface area contributed by atoms with Crippen LogP contribution in [0.5, 0.6) is 0 Å². The maximum atomic E-state index is 11.4. The highest BCUT2D eigenvalue weighted by molar-refractivity contribution is 5.88. The number of hydrogen-bond donors (Lipinski definition) is 3. The number of carbonyl (C=O) groups is 1. The first-order valence-corrected chi connectivity index (χ1v) is 5.63. The van der Waals surface area contributed by atoms with Gasteiger partial charge in [0.2, 0.25) is 5.91 Å². The van der Waals surface area contributed by atoms with Gasteiger partial charge in [-0.3, -0.25) is 4.79 Å². The Morgan fingerprint density at radius 3 is 2.59 bits per heavy atom. The summed E-state index contributed by atoms with van der Waals surface area (Å²) in [5.41, 5.74) is 6.81. The van der Waals surface area contributed by atoms with Crippen LogP contribution in [0.3, 0.4) is 0 Å². The molecule has 1 aromatic rings. The van der Waals surface area contributed by atoms with Crippen molar-refractivity contribution in [3.05, 3.63) is 47.8 Å². The molecule has 0 fully saturated rings. The summed E-state index contributed by atoms with van der Waals surface area (Å²) in [6.07, 6.45) is 1.36. The van der Waals surface area contributed by atoms with Crippen molar-refractivity contribution in [3.63, 3.8) is 0 Å². The molecule has 0 unspecified atom stereocenters. The van der Waals surface area contributed by atoms with Crippen molar-refractivity contribution in [1.82, 2.24) is 10.6 Å². The van der Waals surface area contributed by atoms with Crippen molar-refractivity contribution in [3.8, 4) is 0 Å². The number of nitrogens with one attached hydrogen (secondary N) is 2. The maximum absolute atomic E-state index is 11.4. The van der Waals surface area contributed by atoms with Crippen molar-refractivity contribution in [2.24, 2.45) is 5.73 Å². The molecule has 0 aliphatic carbocycles. The Morgan fingerprint density at radius 1 is 1.35 bits per heavy atom. The zero-order valence-corrected chi connectivity index (χ0v) is 10.2. The Labute approximate surface area is 102 Å². The minimum Gasteiger partial charge on any atom is -0.385 e. The fraction of sp³-hybridized carbons (Fsp3) is 0.308. The van der Waals surface area contributed by atoms with Gasteiger partial charge in [0.25, 0.3) is 0 Å². The first-order chi connectivity index (χ1) is 8.08. The Bertz CT molecular complexity index is 385. The van der Waals surface area contributed by atoms with Crippen LogP contribution in [0, 0.1) is 0 Å².